The first-order valence-electron chi connectivity index (χ1n) is 8.45. The monoisotopic (exact) mass is 481 g/mol. The number of hydrogen-bond donors (Lipinski definition) is 2. The first-order chi connectivity index (χ1) is 12.1. The van der Waals surface area contributed by atoms with Gasteiger partial charge in [-0.05, 0) is 31.4 Å². The quantitative estimate of drug-likeness (QED) is 0.255. The van der Waals surface area contributed by atoms with E-state index in [0.717, 1.165) is 19.3 Å². The smallest absolute Gasteiger partial charge is 0.387 e. The zero-order chi connectivity index (χ0) is 18.1. The highest BCUT2D eigenvalue weighted by atomic mass is 127. The van der Waals surface area contributed by atoms with Crippen molar-refractivity contribution in [1.82, 2.24) is 10.6 Å². The Kier molecular flexibility index (Phi) is 10.3. The van der Waals surface area contributed by atoms with Crippen molar-refractivity contribution in [3.05, 3.63) is 35.9 Å². The minimum atomic E-state index is -2.89. The van der Waals surface area contributed by atoms with Gasteiger partial charge in [0, 0.05) is 31.3 Å². The van der Waals surface area contributed by atoms with Crippen LogP contribution in [0.4, 0.5) is 8.78 Å². The van der Waals surface area contributed by atoms with E-state index in [1.807, 2.05) is 6.92 Å². The standard InChI is InChI=1S/C18H25F2N3O2.HI/c1-3-10-24-15-9-8-13(16(11-15)25-17(19)20)12-22-18(21-2)23-14-6-4-5-7-14;/h4-5,8-9,11,14,17H,3,6-7,10,12H2,1-2H3,(H2,21,22,23);1H. The zero-order valence-electron chi connectivity index (χ0n) is 15.0. The lowest BCUT2D eigenvalue weighted by Crippen LogP contribution is -2.42. The summed E-state index contributed by atoms with van der Waals surface area (Å²) in [5.41, 5.74) is 0.608. The summed E-state index contributed by atoms with van der Waals surface area (Å²) in [5.74, 6) is 1.25. The van der Waals surface area contributed by atoms with Crippen molar-refractivity contribution in [2.75, 3.05) is 13.7 Å². The number of guanidine groups is 1. The second kappa shape index (κ2) is 11.9. The molecule has 0 spiro atoms. The highest BCUT2D eigenvalue weighted by molar-refractivity contribution is 14.0. The van der Waals surface area contributed by atoms with Gasteiger partial charge in [0.25, 0.3) is 0 Å². The van der Waals surface area contributed by atoms with Gasteiger partial charge in [-0.1, -0.05) is 19.1 Å². The van der Waals surface area contributed by atoms with E-state index in [4.69, 9.17) is 4.74 Å². The third kappa shape index (κ3) is 7.35. The Morgan fingerprint density at radius 3 is 2.65 bits per heavy atom. The number of aliphatic imine (C=N–C) groups is 1. The molecule has 0 radical (unpaired) electrons. The Morgan fingerprint density at radius 2 is 2.04 bits per heavy atom. The lowest BCUT2D eigenvalue weighted by Gasteiger charge is -2.18. The number of nitrogens with one attached hydrogen (secondary N) is 2. The van der Waals surface area contributed by atoms with Crippen LogP contribution < -0.4 is 20.1 Å². The predicted molar refractivity (Wildman–Crippen MR) is 110 cm³/mol. The van der Waals surface area contributed by atoms with Gasteiger partial charge in [-0.15, -0.1) is 24.0 Å². The maximum atomic E-state index is 12.7. The first-order valence-corrected chi connectivity index (χ1v) is 8.45. The summed E-state index contributed by atoms with van der Waals surface area (Å²) >= 11 is 0. The zero-order valence-corrected chi connectivity index (χ0v) is 17.3. The molecule has 1 aliphatic rings. The van der Waals surface area contributed by atoms with Gasteiger partial charge in [0.1, 0.15) is 11.5 Å². The molecule has 5 nitrogen and oxygen atoms in total. The highest BCUT2D eigenvalue weighted by Gasteiger charge is 2.14. The molecule has 146 valence electrons. The van der Waals surface area contributed by atoms with Crippen molar-refractivity contribution >= 4 is 29.9 Å². The fraction of sp³-hybridized carbons (Fsp3) is 0.500. The van der Waals surface area contributed by atoms with Gasteiger partial charge in [-0.25, -0.2) is 0 Å². The van der Waals surface area contributed by atoms with Crippen LogP contribution in [0.2, 0.25) is 0 Å². The van der Waals surface area contributed by atoms with Crippen molar-refractivity contribution in [1.29, 1.82) is 0 Å². The fourth-order valence-electron chi connectivity index (χ4n) is 2.50. The molecular formula is C18H26F2IN3O2. The van der Waals surface area contributed by atoms with Crippen LogP contribution in [0.3, 0.4) is 0 Å². The van der Waals surface area contributed by atoms with E-state index in [2.05, 4.69) is 32.5 Å². The Morgan fingerprint density at radius 1 is 1.31 bits per heavy atom. The third-order valence-electron chi connectivity index (χ3n) is 3.75. The Bertz CT molecular complexity index is 604. The van der Waals surface area contributed by atoms with Gasteiger partial charge in [-0.3, -0.25) is 4.99 Å². The molecule has 0 aromatic heterocycles. The largest absolute Gasteiger partial charge is 0.493 e. The number of hydrogen-bond acceptors (Lipinski definition) is 3. The van der Waals surface area contributed by atoms with Gasteiger partial charge < -0.3 is 20.1 Å². The van der Waals surface area contributed by atoms with E-state index in [9.17, 15) is 8.78 Å². The van der Waals surface area contributed by atoms with E-state index >= 15 is 0 Å². The average molecular weight is 481 g/mol. The molecule has 0 bridgehead atoms. The highest BCUT2D eigenvalue weighted by Crippen LogP contribution is 2.26. The lowest BCUT2D eigenvalue weighted by molar-refractivity contribution is -0.0505. The molecule has 0 fully saturated rings. The van der Waals surface area contributed by atoms with Crippen molar-refractivity contribution < 1.29 is 18.3 Å². The van der Waals surface area contributed by atoms with Crippen LogP contribution in [-0.4, -0.2) is 32.3 Å². The SMILES string of the molecule is CCCOc1ccc(CNC(=NC)NC2CC=CC2)c(OC(F)F)c1.I. The first kappa shape index (κ1) is 22.5. The Labute approximate surface area is 170 Å². The van der Waals surface area contributed by atoms with E-state index in [1.165, 1.54) is 6.07 Å². The third-order valence-corrected chi connectivity index (χ3v) is 3.75. The number of nitrogens with zero attached hydrogens (tertiary/aromatic N) is 1. The van der Waals surface area contributed by atoms with Crippen LogP contribution in [0.1, 0.15) is 31.7 Å². The number of alkyl halides is 2. The van der Waals surface area contributed by atoms with E-state index in [0.29, 0.717) is 36.5 Å². The number of ether oxygens (including phenoxy) is 2. The summed E-state index contributed by atoms with van der Waals surface area (Å²) in [6.07, 6.45) is 6.98. The van der Waals surface area contributed by atoms with E-state index in [1.54, 1.807) is 19.2 Å². The van der Waals surface area contributed by atoms with Crippen LogP contribution >= 0.6 is 24.0 Å². The molecule has 0 unspecified atom stereocenters. The minimum Gasteiger partial charge on any atom is -0.493 e. The van der Waals surface area contributed by atoms with Crippen LogP contribution in [0.15, 0.2) is 35.3 Å². The lowest BCUT2D eigenvalue weighted by atomic mass is 10.2. The van der Waals surface area contributed by atoms with Gasteiger partial charge in [-0.2, -0.15) is 8.78 Å². The van der Waals surface area contributed by atoms with Crippen molar-refractivity contribution in [3.63, 3.8) is 0 Å². The number of rotatable bonds is 8. The molecule has 0 heterocycles. The van der Waals surface area contributed by atoms with Crippen molar-refractivity contribution in [2.45, 2.75) is 45.4 Å². The molecular weight excluding hydrogens is 455 g/mol. The molecule has 8 heteroatoms. The summed E-state index contributed by atoms with van der Waals surface area (Å²) in [6.45, 7) is -0.0665. The normalized spacial score (nSPS) is 14.3. The maximum Gasteiger partial charge on any atom is 0.387 e. The van der Waals surface area contributed by atoms with Crippen molar-refractivity contribution in [2.24, 2.45) is 4.99 Å². The molecule has 0 aliphatic heterocycles. The molecule has 0 saturated heterocycles. The molecule has 0 saturated carbocycles. The topological polar surface area (TPSA) is 54.9 Å². The van der Waals surface area contributed by atoms with Crippen LogP contribution in [0.5, 0.6) is 11.5 Å². The average Bonchev–Trinajstić information content (AvgIpc) is 3.10. The second-order valence-electron chi connectivity index (χ2n) is 5.71. The summed E-state index contributed by atoms with van der Waals surface area (Å²) < 4.78 is 35.5. The molecule has 26 heavy (non-hydrogen) atoms. The predicted octanol–water partition coefficient (Wildman–Crippen LogP) is 4.08. The summed E-state index contributed by atoms with van der Waals surface area (Å²) in [5, 5.41) is 6.43. The summed E-state index contributed by atoms with van der Waals surface area (Å²) in [7, 11) is 1.68. The van der Waals surface area contributed by atoms with Gasteiger partial charge in [0.15, 0.2) is 5.96 Å². The van der Waals surface area contributed by atoms with Crippen LogP contribution in [-0.2, 0) is 6.54 Å². The maximum absolute atomic E-state index is 12.7. The fourth-order valence-corrected chi connectivity index (χ4v) is 2.50. The van der Waals surface area contributed by atoms with Gasteiger partial charge in [0.2, 0.25) is 0 Å². The van der Waals surface area contributed by atoms with E-state index < -0.39 is 6.61 Å². The number of halogens is 3. The Balaban J connectivity index is 0.00000338. The molecule has 0 atom stereocenters. The van der Waals surface area contributed by atoms with E-state index in [-0.39, 0.29) is 29.7 Å². The van der Waals surface area contributed by atoms with Crippen molar-refractivity contribution in [3.8, 4) is 11.5 Å². The Hall–Kier alpha value is -1.58. The number of benzene rings is 1. The van der Waals surface area contributed by atoms with Crippen LogP contribution in [0, 0.1) is 0 Å². The molecule has 2 N–H and O–H groups in total. The minimum absolute atomic E-state index is 0. The molecule has 1 aromatic carbocycles. The molecule has 1 aliphatic carbocycles. The second-order valence-corrected chi connectivity index (χ2v) is 5.71. The summed E-state index contributed by atoms with van der Waals surface area (Å²) in [4.78, 5) is 4.17. The summed E-state index contributed by atoms with van der Waals surface area (Å²) in [6, 6.07) is 5.28. The molecule has 1 aromatic rings. The molecule has 2 rings (SSSR count). The van der Waals surface area contributed by atoms with Gasteiger partial charge in [0.05, 0.1) is 6.61 Å². The van der Waals surface area contributed by atoms with Crippen LogP contribution in [0.25, 0.3) is 0 Å². The van der Waals surface area contributed by atoms with Gasteiger partial charge >= 0.3 is 6.61 Å². The molecule has 0 amide bonds.